The minimum atomic E-state index is -0.0431. The Bertz CT molecular complexity index is 909. The second-order valence-corrected chi connectivity index (χ2v) is 6.91. The summed E-state index contributed by atoms with van der Waals surface area (Å²) in [6.45, 7) is 4.57. The van der Waals surface area contributed by atoms with Crippen LogP contribution in [-0.2, 0) is 11.3 Å². The van der Waals surface area contributed by atoms with Crippen LogP contribution in [0.4, 0.5) is 5.69 Å². The molecule has 3 aromatic rings. The van der Waals surface area contributed by atoms with E-state index < -0.39 is 0 Å². The lowest BCUT2D eigenvalue weighted by Gasteiger charge is -2.09. The molecule has 3 rings (SSSR count). The second-order valence-electron chi connectivity index (χ2n) is 5.58. The number of hydrogen-bond acceptors (Lipinski definition) is 4. The van der Waals surface area contributed by atoms with Gasteiger partial charge in [-0.1, -0.05) is 12.1 Å². The number of nitrogens with zero attached hydrogens (tertiary/aromatic N) is 2. The van der Waals surface area contributed by atoms with Gasteiger partial charge in [0.15, 0.2) is 10.6 Å². The fourth-order valence-corrected chi connectivity index (χ4v) is 3.32. The Morgan fingerprint density at radius 1 is 1.33 bits per heavy atom. The minimum absolute atomic E-state index is 0.0431. The maximum absolute atomic E-state index is 12.2. The molecule has 0 saturated carbocycles. The molecular formula is C17H18N4OS2. The van der Waals surface area contributed by atoms with Crippen molar-refractivity contribution in [3.05, 3.63) is 51.6 Å². The average Bonchev–Trinajstić information content (AvgIpc) is 3.18. The molecule has 0 saturated heterocycles. The van der Waals surface area contributed by atoms with Crippen molar-refractivity contribution in [3.63, 3.8) is 0 Å². The molecule has 1 amide bonds. The molecule has 1 aromatic carbocycles. The van der Waals surface area contributed by atoms with Crippen molar-refractivity contribution in [1.82, 2.24) is 14.8 Å². The zero-order valence-corrected chi connectivity index (χ0v) is 15.1. The zero-order chi connectivity index (χ0) is 17.1. The highest BCUT2D eigenvalue weighted by Crippen LogP contribution is 2.23. The van der Waals surface area contributed by atoms with Crippen LogP contribution in [0, 0.1) is 18.6 Å². The van der Waals surface area contributed by atoms with Crippen molar-refractivity contribution in [2.45, 2.75) is 26.8 Å². The Labute approximate surface area is 149 Å². The summed E-state index contributed by atoms with van der Waals surface area (Å²) < 4.78 is 2.39. The van der Waals surface area contributed by atoms with Gasteiger partial charge in [0, 0.05) is 18.7 Å². The molecule has 0 atom stereocenters. The largest absolute Gasteiger partial charge is 0.326 e. The maximum Gasteiger partial charge on any atom is 0.226 e. The van der Waals surface area contributed by atoms with Gasteiger partial charge in [-0.2, -0.15) is 5.10 Å². The quantitative estimate of drug-likeness (QED) is 0.668. The molecule has 5 nitrogen and oxygen atoms in total. The van der Waals surface area contributed by atoms with Crippen LogP contribution < -0.4 is 5.32 Å². The van der Waals surface area contributed by atoms with Crippen LogP contribution in [0.25, 0.3) is 10.7 Å². The molecule has 2 aromatic heterocycles. The molecule has 24 heavy (non-hydrogen) atoms. The van der Waals surface area contributed by atoms with Crippen LogP contribution in [0.1, 0.15) is 17.5 Å². The van der Waals surface area contributed by atoms with Gasteiger partial charge in [-0.3, -0.25) is 14.5 Å². The number of thiophene rings is 1. The number of hydrogen-bond donors (Lipinski definition) is 2. The highest BCUT2D eigenvalue weighted by molar-refractivity contribution is 7.71. The van der Waals surface area contributed by atoms with Gasteiger partial charge in [0.05, 0.1) is 4.88 Å². The van der Waals surface area contributed by atoms with Crippen LogP contribution in [0.2, 0.25) is 0 Å². The van der Waals surface area contributed by atoms with Crippen LogP contribution in [0.5, 0.6) is 0 Å². The van der Waals surface area contributed by atoms with Gasteiger partial charge in [0.25, 0.3) is 0 Å². The van der Waals surface area contributed by atoms with E-state index in [1.54, 1.807) is 11.3 Å². The summed E-state index contributed by atoms with van der Waals surface area (Å²) in [5, 5.41) is 12.0. The first-order valence-electron chi connectivity index (χ1n) is 7.61. The third-order valence-corrected chi connectivity index (χ3v) is 5.03. The topological polar surface area (TPSA) is 62.7 Å². The molecule has 0 bridgehead atoms. The van der Waals surface area contributed by atoms with Crippen LogP contribution in [0.15, 0.2) is 35.7 Å². The molecule has 0 fully saturated rings. The van der Waals surface area contributed by atoms with Crippen molar-refractivity contribution >= 4 is 35.1 Å². The molecule has 124 valence electrons. The number of carbonyl (C=O) groups is 1. The highest BCUT2D eigenvalue weighted by atomic mass is 32.1. The lowest BCUT2D eigenvalue weighted by Crippen LogP contribution is -2.15. The van der Waals surface area contributed by atoms with Crippen molar-refractivity contribution in [2.75, 3.05) is 5.32 Å². The van der Waals surface area contributed by atoms with Crippen molar-refractivity contribution in [1.29, 1.82) is 0 Å². The lowest BCUT2D eigenvalue weighted by atomic mass is 10.1. The smallest absolute Gasteiger partial charge is 0.226 e. The number of amides is 1. The first kappa shape index (κ1) is 16.6. The number of carbonyl (C=O) groups excluding carboxylic acids is 1. The molecular weight excluding hydrogens is 340 g/mol. The standard InChI is InChI=1S/C17H18N4OS2/c1-11-5-6-13(10-12(11)2)18-15(22)7-8-21-16(19-20-17(21)23)14-4-3-9-24-14/h3-6,9-10H,7-8H2,1-2H3,(H,18,22)(H,20,23). The number of nitrogens with one attached hydrogen (secondary N) is 2. The molecule has 0 aliphatic carbocycles. The third kappa shape index (κ3) is 3.63. The molecule has 0 radical (unpaired) electrons. The number of aromatic nitrogens is 3. The highest BCUT2D eigenvalue weighted by Gasteiger charge is 2.11. The number of aromatic amines is 1. The predicted octanol–water partition coefficient (Wildman–Crippen LogP) is 4.31. The number of H-pyrrole nitrogens is 1. The Hall–Kier alpha value is -2.25. The van der Waals surface area contributed by atoms with E-state index in [9.17, 15) is 4.79 Å². The Morgan fingerprint density at radius 2 is 2.17 bits per heavy atom. The second kappa shape index (κ2) is 7.11. The molecule has 0 spiro atoms. The van der Waals surface area contributed by atoms with Gasteiger partial charge >= 0.3 is 0 Å². The minimum Gasteiger partial charge on any atom is -0.326 e. The van der Waals surface area contributed by atoms with Crippen LogP contribution >= 0.6 is 23.6 Å². The van der Waals surface area contributed by atoms with E-state index in [2.05, 4.69) is 15.5 Å². The van der Waals surface area contributed by atoms with Crippen molar-refractivity contribution < 1.29 is 4.79 Å². The molecule has 0 unspecified atom stereocenters. The fourth-order valence-electron chi connectivity index (χ4n) is 2.38. The van der Waals surface area contributed by atoms with Gasteiger partial charge in [0.1, 0.15) is 0 Å². The summed E-state index contributed by atoms with van der Waals surface area (Å²) in [7, 11) is 0. The number of anilines is 1. The van der Waals surface area contributed by atoms with E-state index in [-0.39, 0.29) is 5.91 Å². The molecule has 2 heterocycles. The van der Waals surface area contributed by atoms with Gasteiger partial charge in [-0.05, 0) is 60.8 Å². The summed E-state index contributed by atoms with van der Waals surface area (Å²) in [5.41, 5.74) is 3.18. The maximum atomic E-state index is 12.2. The number of aryl methyl sites for hydroxylation is 2. The van der Waals surface area contributed by atoms with Crippen LogP contribution in [-0.4, -0.2) is 20.7 Å². The van der Waals surface area contributed by atoms with E-state index in [0.29, 0.717) is 17.7 Å². The monoisotopic (exact) mass is 358 g/mol. The summed E-state index contributed by atoms with van der Waals surface area (Å²) in [6.07, 6.45) is 0.332. The van der Waals surface area contributed by atoms with Gasteiger partial charge in [-0.25, -0.2) is 0 Å². The predicted molar refractivity (Wildman–Crippen MR) is 99.9 cm³/mol. The first-order valence-corrected chi connectivity index (χ1v) is 8.89. The lowest BCUT2D eigenvalue weighted by molar-refractivity contribution is -0.116. The molecule has 7 heteroatoms. The Balaban J connectivity index is 1.68. The zero-order valence-electron chi connectivity index (χ0n) is 13.5. The van der Waals surface area contributed by atoms with E-state index >= 15 is 0 Å². The first-order chi connectivity index (χ1) is 11.5. The van der Waals surface area contributed by atoms with Crippen LogP contribution in [0.3, 0.4) is 0 Å². The van der Waals surface area contributed by atoms with Gasteiger partial charge in [-0.15, -0.1) is 11.3 Å². The van der Waals surface area contributed by atoms with E-state index in [4.69, 9.17) is 12.2 Å². The SMILES string of the molecule is Cc1ccc(NC(=O)CCn2c(-c3cccs3)n[nH]c2=S)cc1C. The van der Waals surface area contributed by atoms with E-state index in [0.717, 1.165) is 22.0 Å². The molecule has 0 aliphatic rings. The average molecular weight is 358 g/mol. The van der Waals surface area contributed by atoms with Crippen molar-refractivity contribution in [3.8, 4) is 10.7 Å². The number of rotatable bonds is 5. The number of benzene rings is 1. The Kier molecular flexibility index (Phi) is 4.92. The normalized spacial score (nSPS) is 10.8. The van der Waals surface area contributed by atoms with Crippen molar-refractivity contribution in [2.24, 2.45) is 0 Å². The summed E-state index contributed by atoms with van der Waals surface area (Å²) in [6, 6.07) is 9.86. The van der Waals surface area contributed by atoms with Gasteiger partial charge < -0.3 is 5.32 Å². The summed E-state index contributed by atoms with van der Waals surface area (Å²) in [4.78, 5) is 13.3. The molecule has 0 aliphatic heterocycles. The fraction of sp³-hybridized carbons (Fsp3) is 0.235. The summed E-state index contributed by atoms with van der Waals surface area (Å²) in [5.74, 6) is 0.729. The summed E-state index contributed by atoms with van der Waals surface area (Å²) >= 11 is 6.87. The van der Waals surface area contributed by atoms with E-state index in [1.165, 1.54) is 5.56 Å². The molecule has 2 N–H and O–H groups in total. The third-order valence-electron chi connectivity index (χ3n) is 3.85. The Morgan fingerprint density at radius 3 is 2.88 bits per heavy atom. The van der Waals surface area contributed by atoms with Gasteiger partial charge in [0.2, 0.25) is 5.91 Å². The van der Waals surface area contributed by atoms with E-state index in [1.807, 2.05) is 54.1 Å².